The largest absolute Gasteiger partial charge is 0.393 e. The molecule has 2 fully saturated rings. The molecular formula is C29H35ClFN5O3. The van der Waals surface area contributed by atoms with Crippen molar-refractivity contribution in [1.82, 2.24) is 24.6 Å². The first-order valence-electron chi connectivity index (χ1n) is 13.5. The normalized spacial score (nSPS) is 21.3. The third-order valence-electron chi connectivity index (χ3n) is 7.54. The predicted molar refractivity (Wildman–Crippen MR) is 148 cm³/mol. The maximum atomic E-state index is 13.8. The highest BCUT2D eigenvalue weighted by molar-refractivity contribution is 6.30. The zero-order valence-electron chi connectivity index (χ0n) is 22.5. The highest BCUT2D eigenvalue weighted by Gasteiger charge is 2.39. The van der Waals surface area contributed by atoms with Gasteiger partial charge in [0.2, 0.25) is 5.91 Å². The Labute approximate surface area is 232 Å². The van der Waals surface area contributed by atoms with E-state index in [0.29, 0.717) is 23.5 Å². The molecule has 3 aromatic rings. The molecule has 0 aliphatic carbocycles. The van der Waals surface area contributed by atoms with Crippen LogP contribution in [0.5, 0.6) is 0 Å². The molecule has 0 radical (unpaired) electrons. The molecule has 5 rings (SSSR count). The number of nitrogens with one attached hydrogen (secondary N) is 1. The number of halogens is 2. The van der Waals surface area contributed by atoms with E-state index in [4.69, 9.17) is 11.6 Å². The predicted octanol–water partition coefficient (Wildman–Crippen LogP) is 3.80. The molecule has 208 valence electrons. The SMILES string of the molecule is CC(C)(C)NC(=O)Cc1nn(-c2ccc(CCN3C4CCC3CC(O)C4)cc2)c(=O)n1-c1ccc(F)c(Cl)c1. The van der Waals surface area contributed by atoms with E-state index < -0.39 is 17.0 Å². The molecule has 39 heavy (non-hydrogen) atoms. The number of carbonyl (C=O) groups is 1. The molecule has 0 saturated carbocycles. The number of benzene rings is 2. The zero-order valence-corrected chi connectivity index (χ0v) is 23.3. The molecule has 10 heteroatoms. The summed E-state index contributed by atoms with van der Waals surface area (Å²) in [6.07, 6.45) is 4.58. The second kappa shape index (κ2) is 10.9. The van der Waals surface area contributed by atoms with E-state index in [0.717, 1.165) is 44.2 Å². The summed E-state index contributed by atoms with van der Waals surface area (Å²) in [7, 11) is 0. The van der Waals surface area contributed by atoms with E-state index in [1.807, 2.05) is 45.0 Å². The number of aliphatic hydroxyl groups is 1. The summed E-state index contributed by atoms with van der Waals surface area (Å²) < 4.78 is 16.4. The number of nitrogens with zero attached hydrogens (tertiary/aromatic N) is 4. The number of aliphatic hydroxyl groups excluding tert-OH is 1. The first kappa shape index (κ1) is 27.6. The first-order valence-corrected chi connectivity index (χ1v) is 13.9. The molecular weight excluding hydrogens is 521 g/mol. The first-order chi connectivity index (χ1) is 18.5. The molecule has 1 aromatic heterocycles. The van der Waals surface area contributed by atoms with Crippen molar-refractivity contribution in [3.63, 3.8) is 0 Å². The van der Waals surface area contributed by atoms with Crippen molar-refractivity contribution in [3.8, 4) is 11.4 Å². The van der Waals surface area contributed by atoms with Gasteiger partial charge in [-0.1, -0.05) is 23.7 Å². The average molecular weight is 556 g/mol. The lowest BCUT2D eigenvalue weighted by Gasteiger charge is -2.37. The van der Waals surface area contributed by atoms with Crippen molar-refractivity contribution in [1.29, 1.82) is 0 Å². The summed E-state index contributed by atoms with van der Waals surface area (Å²) >= 11 is 6.00. The van der Waals surface area contributed by atoms with Crippen molar-refractivity contribution >= 4 is 17.5 Å². The minimum Gasteiger partial charge on any atom is -0.393 e. The van der Waals surface area contributed by atoms with Gasteiger partial charge in [0.15, 0.2) is 0 Å². The summed E-state index contributed by atoms with van der Waals surface area (Å²) in [5.74, 6) is -0.669. The lowest BCUT2D eigenvalue weighted by Crippen LogP contribution is -2.45. The van der Waals surface area contributed by atoms with Crippen molar-refractivity contribution in [2.45, 2.75) is 83.0 Å². The van der Waals surface area contributed by atoms with Crippen molar-refractivity contribution in [2.75, 3.05) is 6.54 Å². The van der Waals surface area contributed by atoms with E-state index in [2.05, 4.69) is 15.3 Å². The Morgan fingerprint density at radius 3 is 2.36 bits per heavy atom. The van der Waals surface area contributed by atoms with Gasteiger partial charge in [-0.05, 0) is 88.8 Å². The molecule has 2 N–H and O–H groups in total. The summed E-state index contributed by atoms with van der Waals surface area (Å²) in [6.45, 7) is 6.56. The minimum absolute atomic E-state index is 0.127. The average Bonchev–Trinajstić information content (AvgIpc) is 3.30. The second-order valence-corrected chi connectivity index (χ2v) is 12.1. The number of hydrogen-bond acceptors (Lipinski definition) is 5. The number of aromatic nitrogens is 3. The molecule has 2 bridgehead atoms. The number of amides is 1. The Bertz CT molecular complexity index is 1400. The van der Waals surface area contributed by atoms with Gasteiger partial charge < -0.3 is 10.4 Å². The second-order valence-electron chi connectivity index (χ2n) is 11.7. The fraction of sp³-hybridized carbons (Fsp3) is 0.483. The van der Waals surface area contributed by atoms with Crippen LogP contribution in [0.1, 0.15) is 57.8 Å². The molecule has 3 heterocycles. The number of hydrogen-bond donors (Lipinski definition) is 2. The van der Waals surface area contributed by atoms with Gasteiger partial charge in [-0.25, -0.2) is 13.8 Å². The van der Waals surface area contributed by atoms with Crippen molar-refractivity contribution in [3.05, 3.63) is 75.2 Å². The molecule has 2 unspecified atom stereocenters. The maximum absolute atomic E-state index is 13.8. The number of fused-ring (bicyclic) bond motifs is 2. The topological polar surface area (TPSA) is 92.4 Å². The third kappa shape index (κ3) is 6.10. The monoisotopic (exact) mass is 555 g/mol. The highest BCUT2D eigenvalue weighted by atomic mass is 35.5. The van der Waals surface area contributed by atoms with Crippen LogP contribution in [-0.2, 0) is 17.6 Å². The summed E-state index contributed by atoms with van der Waals surface area (Å²) in [4.78, 5) is 28.8. The van der Waals surface area contributed by atoms with Gasteiger partial charge >= 0.3 is 5.69 Å². The Hall–Kier alpha value is -3.01. The Morgan fingerprint density at radius 1 is 1.10 bits per heavy atom. The summed E-state index contributed by atoms with van der Waals surface area (Å²) in [5, 5.41) is 17.3. The maximum Gasteiger partial charge on any atom is 0.355 e. The van der Waals surface area contributed by atoms with E-state index >= 15 is 0 Å². The van der Waals surface area contributed by atoms with Gasteiger partial charge in [-0.3, -0.25) is 9.69 Å². The van der Waals surface area contributed by atoms with Crippen LogP contribution < -0.4 is 11.0 Å². The van der Waals surface area contributed by atoms with Crippen LogP contribution in [0.4, 0.5) is 4.39 Å². The van der Waals surface area contributed by atoms with Crippen molar-refractivity contribution < 1.29 is 14.3 Å². The fourth-order valence-corrected chi connectivity index (χ4v) is 6.03. The number of rotatable bonds is 7. The molecule has 2 saturated heterocycles. The quantitative estimate of drug-likeness (QED) is 0.463. The minimum atomic E-state index is -0.600. The van der Waals surface area contributed by atoms with Gasteiger partial charge in [0.25, 0.3) is 0 Å². The van der Waals surface area contributed by atoms with Crippen molar-refractivity contribution in [2.24, 2.45) is 0 Å². The smallest absolute Gasteiger partial charge is 0.355 e. The van der Waals surface area contributed by atoms with Gasteiger partial charge in [-0.2, -0.15) is 4.68 Å². The van der Waals surface area contributed by atoms with E-state index in [9.17, 15) is 19.1 Å². The molecule has 2 aliphatic heterocycles. The molecule has 2 aromatic carbocycles. The lowest BCUT2D eigenvalue weighted by atomic mass is 9.99. The molecule has 2 aliphatic rings. The van der Waals surface area contributed by atoms with Crippen LogP contribution in [0.15, 0.2) is 47.3 Å². The van der Waals surface area contributed by atoms with Crippen LogP contribution in [-0.4, -0.2) is 60.5 Å². The third-order valence-corrected chi connectivity index (χ3v) is 7.83. The van der Waals surface area contributed by atoms with Gasteiger partial charge in [-0.15, -0.1) is 5.10 Å². The van der Waals surface area contributed by atoms with Crippen LogP contribution in [0.2, 0.25) is 5.02 Å². The molecule has 0 spiro atoms. The van der Waals surface area contributed by atoms with Gasteiger partial charge in [0, 0.05) is 24.2 Å². The molecule has 8 nitrogen and oxygen atoms in total. The van der Waals surface area contributed by atoms with E-state index in [1.54, 1.807) is 0 Å². The fourth-order valence-electron chi connectivity index (χ4n) is 5.85. The number of piperidine rings is 1. The Balaban J connectivity index is 1.39. The van der Waals surface area contributed by atoms with Crippen LogP contribution in [0, 0.1) is 5.82 Å². The molecule has 2 atom stereocenters. The lowest BCUT2D eigenvalue weighted by molar-refractivity contribution is -0.121. The summed E-state index contributed by atoms with van der Waals surface area (Å²) in [6, 6.07) is 12.6. The van der Waals surface area contributed by atoms with E-state index in [1.165, 1.54) is 27.4 Å². The van der Waals surface area contributed by atoms with Crippen LogP contribution >= 0.6 is 11.6 Å². The van der Waals surface area contributed by atoms with Gasteiger partial charge in [0.05, 0.1) is 28.9 Å². The zero-order chi connectivity index (χ0) is 27.9. The standard InChI is InChI=1S/C29H35ClFN5O3/c1-29(2,3)32-27(38)17-26-33-36(28(39)35(26)22-10-11-25(31)24(30)16-22)19-6-4-18(5-7-19)12-13-34-20-8-9-21(34)15-23(37)14-20/h4-7,10-11,16,20-21,23,37H,8-9,12-15,17H2,1-3H3,(H,32,38). The van der Waals surface area contributed by atoms with E-state index in [-0.39, 0.29) is 29.3 Å². The Kier molecular flexibility index (Phi) is 7.68. The molecule has 1 amide bonds. The van der Waals surface area contributed by atoms with Gasteiger partial charge in [0.1, 0.15) is 11.6 Å². The number of carbonyl (C=O) groups excluding carboxylic acids is 1. The Morgan fingerprint density at radius 2 is 1.74 bits per heavy atom. The van der Waals surface area contributed by atoms with Crippen LogP contribution in [0.25, 0.3) is 11.4 Å². The highest BCUT2D eigenvalue weighted by Crippen LogP contribution is 2.35. The van der Waals surface area contributed by atoms with Crippen LogP contribution in [0.3, 0.4) is 0 Å². The summed E-state index contributed by atoms with van der Waals surface area (Å²) in [5.41, 5.74) is 1.11.